The number of amides is 3. The molecule has 1 aromatic carbocycles. The summed E-state index contributed by atoms with van der Waals surface area (Å²) < 4.78 is 43.2. The Morgan fingerprint density at radius 1 is 1.13 bits per heavy atom. The molecular weight excluding hydrogens is 441 g/mol. The van der Waals surface area contributed by atoms with Gasteiger partial charge in [-0.05, 0) is 36.5 Å². The van der Waals surface area contributed by atoms with Crippen LogP contribution in [-0.2, 0) is 30.1 Å². The monoisotopic (exact) mass is 456 g/mol. The van der Waals surface area contributed by atoms with E-state index >= 15 is 0 Å². The van der Waals surface area contributed by atoms with Gasteiger partial charge in [0.05, 0.1) is 28.1 Å². The minimum atomic E-state index is -4.63. The van der Waals surface area contributed by atoms with Gasteiger partial charge in [0.15, 0.2) is 6.61 Å². The number of carbonyl (C=O) groups is 4. The lowest BCUT2D eigenvalue weighted by Gasteiger charge is -2.16. The molecule has 0 radical (unpaired) electrons. The molecule has 31 heavy (non-hydrogen) atoms. The molecule has 2 bridgehead atoms. The Bertz CT molecular complexity index is 979. The van der Waals surface area contributed by atoms with E-state index in [1.165, 1.54) is 0 Å². The highest BCUT2D eigenvalue weighted by molar-refractivity contribution is 6.33. The number of nitrogens with one attached hydrogen (secondary N) is 1. The van der Waals surface area contributed by atoms with Crippen LogP contribution in [0.25, 0.3) is 0 Å². The first-order valence-electron chi connectivity index (χ1n) is 9.42. The number of likely N-dealkylation sites (tertiary alicyclic amines) is 1. The summed E-state index contributed by atoms with van der Waals surface area (Å²) in [6.45, 7) is -1.44. The number of esters is 1. The number of hydrogen-bond donors (Lipinski definition) is 1. The van der Waals surface area contributed by atoms with Crippen LogP contribution in [0.3, 0.4) is 0 Å². The highest BCUT2D eigenvalue weighted by Gasteiger charge is 2.59. The molecule has 0 aromatic heterocycles. The molecule has 2 aliphatic carbocycles. The summed E-state index contributed by atoms with van der Waals surface area (Å²) in [5, 5.41) is 2.01. The van der Waals surface area contributed by atoms with Crippen molar-refractivity contribution in [2.75, 3.05) is 18.5 Å². The first-order valence-corrected chi connectivity index (χ1v) is 9.80. The molecule has 164 valence electrons. The Kier molecular flexibility index (Phi) is 5.28. The molecule has 7 nitrogen and oxygen atoms in total. The zero-order valence-corrected chi connectivity index (χ0v) is 16.6. The van der Waals surface area contributed by atoms with Crippen LogP contribution in [0.5, 0.6) is 0 Å². The predicted molar refractivity (Wildman–Crippen MR) is 100 cm³/mol. The molecule has 1 aromatic rings. The largest absolute Gasteiger partial charge is 0.454 e. The van der Waals surface area contributed by atoms with Crippen LogP contribution >= 0.6 is 11.6 Å². The fraction of sp³-hybridized carbons (Fsp3) is 0.400. The fourth-order valence-corrected chi connectivity index (χ4v) is 4.59. The van der Waals surface area contributed by atoms with Gasteiger partial charge >= 0.3 is 12.1 Å². The second-order valence-corrected chi connectivity index (χ2v) is 8.07. The van der Waals surface area contributed by atoms with E-state index in [2.05, 4.69) is 5.32 Å². The number of alkyl halides is 3. The van der Waals surface area contributed by atoms with E-state index in [0.717, 1.165) is 23.5 Å². The van der Waals surface area contributed by atoms with Crippen LogP contribution in [-0.4, -0.2) is 41.7 Å². The lowest BCUT2D eigenvalue weighted by molar-refractivity contribution is -0.154. The molecular formula is C20H16ClF3N2O5. The number of nitrogens with zero attached hydrogens (tertiary/aromatic N) is 1. The normalized spacial score (nSPS) is 26.4. The molecule has 3 aliphatic rings. The predicted octanol–water partition coefficient (Wildman–Crippen LogP) is 2.65. The van der Waals surface area contributed by atoms with Gasteiger partial charge in [0.25, 0.3) is 5.91 Å². The van der Waals surface area contributed by atoms with Crippen molar-refractivity contribution in [1.29, 1.82) is 0 Å². The standard InChI is InChI=1S/C20H16ClF3N2O5/c21-12-4-3-11(20(22,23)24)6-13(12)25-14(27)8-31-15(28)7-26-18(29)16-9-1-2-10(5-9)17(16)19(26)30/h1-4,6,9-10,16-17H,5,7-8H2,(H,25,27)/t9-,10-,16+,17+/m0/s1. The number of imide groups is 1. The Labute approximate surface area is 179 Å². The summed E-state index contributed by atoms with van der Waals surface area (Å²) in [7, 11) is 0. The smallest absolute Gasteiger partial charge is 0.416 e. The van der Waals surface area contributed by atoms with Gasteiger partial charge in [0, 0.05) is 0 Å². The molecule has 4 rings (SSSR count). The SMILES string of the molecule is O=C(COC(=O)CN1C(=O)[C@H]2[C@H](C1=O)[C@H]1C=C[C@H]2C1)Nc1cc(C(F)(F)F)ccc1Cl. The molecule has 2 fully saturated rings. The maximum Gasteiger partial charge on any atom is 0.416 e. The second kappa shape index (κ2) is 7.67. The number of halogens is 4. The molecule has 1 N–H and O–H groups in total. The first kappa shape index (κ1) is 21.4. The van der Waals surface area contributed by atoms with Crippen molar-refractivity contribution >= 4 is 41.0 Å². The van der Waals surface area contributed by atoms with E-state index in [4.69, 9.17) is 16.3 Å². The number of benzene rings is 1. The van der Waals surface area contributed by atoms with Gasteiger partial charge < -0.3 is 10.1 Å². The molecule has 3 amide bonds. The van der Waals surface area contributed by atoms with E-state index in [1.54, 1.807) is 0 Å². The number of anilines is 1. The third-order valence-corrected chi connectivity index (χ3v) is 6.11. The van der Waals surface area contributed by atoms with Crippen molar-refractivity contribution in [2.45, 2.75) is 12.6 Å². The van der Waals surface area contributed by atoms with E-state index < -0.39 is 60.4 Å². The van der Waals surface area contributed by atoms with Crippen LogP contribution in [0.15, 0.2) is 30.4 Å². The highest BCUT2D eigenvalue weighted by atomic mass is 35.5. The van der Waals surface area contributed by atoms with Crippen molar-refractivity contribution in [2.24, 2.45) is 23.7 Å². The minimum absolute atomic E-state index is 0.00421. The van der Waals surface area contributed by atoms with Gasteiger partial charge in [-0.2, -0.15) is 13.2 Å². The second-order valence-electron chi connectivity index (χ2n) is 7.66. The Hall–Kier alpha value is -2.88. The van der Waals surface area contributed by atoms with Crippen LogP contribution in [0.4, 0.5) is 18.9 Å². The average Bonchev–Trinajstić information content (AvgIpc) is 3.37. The molecule has 1 aliphatic heterocycles. The number of hydrogen-bond acceptors (Lipinski definition) is 5. The van der Waals surface area contributed by atoms with Crippen molar-refractivity contribution in [3.8, 4) is 0 Å². The Morgan fingerprint density at radius 3 is 2.32 bits per heavy atom. The van der Waals surface area contributed by atoms with Crippen LogP contribution < -0.4 is 5.32 Å². The number of allylic oxidation sites excluding steroid dienone is 2. The summed E-state index contributed by atoms with van der Waals surface area (Å²) in [5.41, 5.74) is -1.30. The molecule has 0 spiro atoms. The van der Waals surface area contributed by atoms with Gasteiger partial charge in [-0.25, -0.2) is 0 Å². The van der Waals surface area contributed by atoms with E-state index in [-0.39, 0.29) is 22.5 Å². The van der Waals surface area contributed by atoms with Crippen molar-refractivity contribution in [3.63, 3.8) is 0 Å². The van der Waals surface area contributed by atoms with Crippen molar-refractivity contribution in [1.82, 2.24) is 4.90 Å². The molecule has 1 heterocycles. The summed E-state index contributed by atoms with van der Waals surface area (Å²) in [6, 6.07) is 2.40. The van der Waals surface area contributed by atoms with E-state index in [9.17, 15) is 32.3 Å². The summed E-state index contributed by atoms with van der Waals surface area (Å²) >= 11 is 5.80. The molecule has 1 saturated carbocycles. The zero-order valence-electron chi connectivity index (χ0n) is 15.8. The first-order chi connectivity index (χ1) is 14.6. The third-order valence-electron chi connectivity index (χ3n) is 5.78. The third kappa shape index (κ3) is 3.91. The molecule has 11 heteroatoms. The number of fused-ring (bicyclic) bond motifs is 5. The number of ether oxygens (including phenoxy) is 1. The van der Waals surface area contributed by atoms with Gasteiger partial charge in [0.1, 0.15) is 6.54 Å². The van der Waals surface area contributed by atoms with Gasteiger partial charge in [-0.15, -0.1) is 0 Å². The van der Waals surface area contributed by atoms with Crippen LogP contribution in [0.2, 0.25) is 5.02 Å². The van der Waals surface area contributed by atoms with Gasteiger partial charge in [-0.3, -0.25) is 24.1 Å². The van der Waals surface area contributed by atoms with Crippen molar-refractivity contribution in [3.05, 3.63) is 40.9 Å². The lowest BCUT2D eigenvalue weighted by atomic mass is 9.85. The van der Waals surface area contributed by atoms with Gasteiger partial charge in [-0.1, -0.05) is 23.8 Å². The molecule has 4 atom stereocenters. The maximum atomic E-state index is 12.8. The summed E-state index contributed by atoms with van der Waals surface area (Å²) in [5.74, 6) is -3.68. The summed E-state index contributed by atoms with van der Waals surface area (Å²) in [4.78, 5) is 49.9. The van der Waals surface area contributed by atoms with Crippen LogP contribution in [0, 0.1) is 23.7 Å². The zero-order chi connectivity index (χ0) is 22.5. The van der Waals surface area contributed by atoms with Crippen LogP contribution in [0.1, 0.15) is 12.0 Å². The quantitative estimate of drug-likeness (QED) is 0.418. The van der Waals surface area contributed by atoms with Gasteiger partial charge in [0.2, 0.25) is 11.8 Å². The number of rotatable bonds is 5. The maximum absolute atomic E-state index is 12.8. The Morgan fingerprint density at radius 2 is 1.74 bits per heavy atom. The topological polar surface area (TPSA) is 92.8 Å². The molecule has 0 unspecified atom stereocenters. The average molecular weight is 457 g/mol. The molecule has 1 saturated heterocycles. The Balaban J connectivity index is 1.31. The van der Waals surface area contributed by atoms with E-state index in [0.29, 0.717) is 6.07 Å². The lowest BCUT2D eigenvalue weighted by Crippen LogP contribution is -2.38. The minimum Gasteiger partial charge on any atom is -0.454 e. The highest BCUT2D eigenvalue weighted by Crippen LogP contribution is 2.52. The van der Waals surface area contributed by atoms with Crippen molar-refractivity contribution < 1.29 is 37.1 Å². The number of carbonyl (C=O) groups excluding carboxylic acids is 4. The van der Waals surface area contributed by atoms with E-state index in [1.807, 2.05) is 12.2 Å². The summed E-state index contributed by atoms with van der Waals surface area (Å²) in [6.07, 6.45) is -0.0356. The fourth-order valence-electron chi connectivity index (χ4n) is 4.42.